The molecule has 0 aliphatic carbocycles. The first-order valence-corrected chi connectivity index (χ1v) is 6.14. The van der Waals surface area contributed by atoms with Crippen molar-refractivity contribution in [3.8, 4) is 0 Å². The van der Waals surface area contributed by atoms with Gasteiger partial charge in [0.25, 0.3) is 0 Å². The summed E-state index contributed by atoms with van der Waals surface area (Å²) in [5.74, 6) is -0.711. The van der Waals surface area contributed by atoms with Gasteiger partial charge in [0.2, 0.25) is 0 Å². The Balaban J connectivity index is 2.90. The summed E-state index contributed by atoms with van der Waals surface area (Å²) in [5, 5.41) is 0. The third-order valence-corrected chi connectivity index (χ3v) is 2.75. The van der Waals surface area contributed by atoms with E-state index in [1.54, 1.807) is 6.07 Å². The molecule has 1 atom stereocenters. The lowest BCUT2D eigenvalue weighted by atomic mass is 10.1. The van der Waals surface area contributed by atoms with Crippen LogP contribution in [0.4, 0.5) is 4.39 Å². The minimum atomic E-state index is -3.18. The van der Waals surface area contributed by atoms with Gasteiger partial charge in [-0.05, 0) is 6.07 Å². The minimum Gasteiger partial charge on any atom is -0.323 e. The molecule has 14 heavy (non-hydrogen) atoms. The monoisotopic (exact) mass is 217 g/mol. The van der Waals surface area contributed by atoms with Crippen molar-refractivity contribution in [3.05, 3.63) is 35.6 Å². The topological polar surface area (TPSA) is 60.2 Å². The van der Waals surface area contributed by atoms with Gasteiger partial charge in [0, 0.05) is 17.9 Å². The molecular weight excluding hydrogens is 205 g/mol. The van der Waals surface area contributed by atoms with Crippen LogP contribution in [-0.2, 0) is 9.84 Å². The van der Waals surface area contributed by atoms with Crippen molar-refractivity contribution in [1.82, 2.24) is 0 Å². The molecular formula is C9H12FNO2S. The highest BCUT2D eigenvalue weighted by molar-refractivity contribution is 7.90. The van der Waals surface area contributed by atoms with Gasteiger partial charge in [-0.3, -0.25) is 0 Å². The standard InChI is InChI=1S/C9H12FNO2S/c1-14(12,13)6-9(11)7-4-2-3-5-8(7)10/h2-5,9H,6,11H2,1H3/t9-/m0/s1. The van der Waals surface area contributed by atoms with Crippen molar-refractivity contribution in [3.63, 3.8) is 0 Å². The molecule has 0 heterocycles. The Hall–Kier alpha value is -0.940. The quantitative estimate of drug-likeness (QED) is 0.817. The lowest BCUT2D eigenvalue weighted by Gasteiger charge is -2.11. The van der Waals surface area contributed by atoms with Crippen LogP contribution in [0.15, 0.2) is 24.3 Å². The molecule has 3 nitrogen and oxygen atoms in total. The average Bonchev–Trinajstić information content (AvgIpc) is 2.01. The Bertz CT molecular complexity index is 417. The number of hydrogen-bond donors (Lipinski definition) is 1. The zero-order chi connectivity index (χ0) is 10.8. The SMILES string of the molecule is CS(=O)(=O)C[C@H](N)c1ccccc1F. The van der Waals surface area contributed by atoms with E-state index in [1.165, 1.54) is 18.2 Å². The summed E-state index contributed by atoms with van der Waals surface area (Å²) in [7, 11) is -3.18. The maximum absolute atomic E-state index is 13.1. The van der Waals surface area contributed by atoms with E-state index in [9.17, 15) is 12.8 Å². The Kier molecular flexibility index (Phi) is 3.23. The smallest absolute Gasteiger partial charge is 0.149 e. The fourth-order valence-corrected chi connectivity index (χ4v) is 2.02. The number of sulfone groups is 1. The molecule has 0 bridgehead atoms. The number of benzene rings is 1. The zero-order valence-electron chi connectivity index (χ0n) is 7.77. The molecule has 0 saturated carbocycles. The number of halogens is 1. The highest BCUT2D eigenvalue weighted by Gasteiger charge is 2.15. The molecule has 1 aromatic rings. The molecule has 0 radical (unpaired) electrons. The van der Waals surface area contributed by atoms with Gasteiger partial charge in [0.1, 0.15) is 15.7 Å². The van der Waals surface area contributed by atoms with Crippen LogP contribution in [0.3, 0.4) is 0 Å². The van der Waals surface area contributed by atoms with Crippen molar-refractivity contribution >= 4 is 9.84 Å². The summed E-state index contributed by atoms with van der Waals surface area (Å²) >= 11 is 0. The second-order valence-electron chi connectivity index (χ2n) is 3.22. The average molecular weight is 217 g/mol. The fourth-order valence-electron chi connectivity index (χ4n) is 1.19. The van der Waals surface area contributed by atoms with Gasteiger partial charge >= 0.3 is 0 Å². The Labute approximate surface area is 82.7 Å². The largest absolute Gasteiger partial charge is 0.323 e. The summed E-state index contributed by atoms with van der Waals surface area (Å²) < 4.78 is 35.0. The first-order valence-electron chi connectivity index (χ1n) is 4.08. The second kappa shape index (κ2) is 4.06. The van der Waals surface area contributed by atoms with Crippen LogP contribution in [0.25, 0.3) is 0 Å². The van der Waals surface area contributed by atoms with Crippen LogP contribution in [0, 0.1) is 5.82 Å². The zero-order valence-corrected chi connectivity index (χ0v) is 8.59. The van der Waals surface area contributed by atoms with E-state index in [0.29, 0.717) is 0 Å². The predicted molar refractivity (Wildman–Crippen MR) is 53.0 cm³/mol. The van der Waals surface area contributed by atoms with Crippen LogP contribution >= 0.6 is 0 Å². The van der Waals surface area contributed by atoms with Crippen molar-refractivity contribution in [1.29, 1.82) is 0 Å². The van der Waals surface area contributed by atoms with Gasteiger partial charge in [-0.25, -0.2) is 12.8 Å². The van der Waals surface area contributed by atoms with E-state index >= 15 is 0 Å². The highest BCUT2D eigenvalue weighted by atomic mass is 32.2. The second-order valence-corrected chi connectivity index (χ2v) is 5.41. The Morgan fingerprint density at radius 3 is 2.50 bits per heavy atom. The first-order chi connectivity index (χ1) is 6.40. The molecule has 0 fully saturated rings. The van der Waals surface area contributed by atoms with Gasteiger partial charge in [0.05, 0.1) is 5.75 Å². The fraction of sp³-hybridized carbons (Fsp3) is 0.333. The molecule has 0 unspecified atom stereocenters. The van der Waals surface area contributed by atoms with Crippen molar-refractivity contribution < 1.29 is 12.8 Å². The molecule has 0 amide bonds. The normalized spacial score (nSPS) is 13.9. The first kappa shape index (κ1) is 11.1. The third-order valence-electron chi connectivity index (χ3n) is 1.79. The summed E-state index contributed by atoms with van der Waals surface area (Å²) in [4.78, 5) is 0. The van der Waals surface area contributed by atoms with Crippen molar-refractivity contribution in [2.75, 3.05) is 12.0 Å². The van der Waals surface area contributed by atoms with Crippen LogP contribution < -0.4 is 5.73 Å². The van der Waals surface area contributed by atoms with Gasteiger partial charge in [0.15, 0.2) is 0 Å². The van der Waals surface area contributed by atoms with Crippen molar-refractivity contribution in [2.45, 2.75) is 6.04 Å². The van der Waals surface area contributed by atoms with Crippen LogP contribution in [-0.4, -0.2) is 20.4 Å². The van der Waals surface area contributed by atoms with Crippen LogP contribution in [0.2, 0.25) is 0 Å². The van der Waals surface area contributed by atoms with Crippen LogP contribution in [0.1, 0.15) is 11.6 Å². The number of rotatable bonds is 3. The van der Waals surface area contributed by atoms with E-state index in [4.69, 9.17) is 5.73 Å². The predicted octanol–water partition coefficient (Wildman–Crippen LogP) is 0.870. The summed E-state index contributed by atoms with van der Waals surface area (Å²) in [6, 6.07) is 5.11. The van der Waals surface area contributed by atoms with Gasteiger partial charge in [-0.1, -0.05) is 18.2 Å². The summed E-state index contributed by atoms with van der Waals surface area (Å²) in [6.45, 7) is 0. The number of hydrogen-bond acceptors (Lipinski definition) is 3. The van der Waals surface area contributed by atoms with Crippen molar-refractivity contribution in [2.24, 2.45) is 5.73 Å². The molecule has 1 aromatic carbocycles. The molecule has 0 aliphatic heterocycles. The molecule has 78 valence electrons. The van der Waals surface area contributed by atoms with Crippen LogP contribution in [0.5, 0.6) is 0 Å². The molecule has 2 N–H and O–H groups in total. The van der Waals surface area contributed by atoms with Gasteiger partial charge in [-0.2, -0.15) is 0 Å². The molecule has 0 spiro atoms. The Morgan fingerprint density at radius 1 is 1.43 bits per heavy atom. The Morgan fingerprint density at radius 2 is 2.00 bits per heavy atom. The maximum Gasteiger partial charge on any atom is 0.149 e. The molecule has 0 aliphatic rings. The highest BCUT2D eigenvalue weighted by Crippen LogP contribution is 2.15. The third kappa shape index (κ3) is 3.08. The van der Waals surface area contributed by atoms with E-state index in [0.717, 1.165) is 6.26 Å². The minimum absolute atomic E-state index is 0.234. The summed E-state index contributed by atoms with van der Waals surface area (Å²) in [6.07, 6.45) is 1.08. The molecule has 1 rings (SSSR count). The van der Waals surface area contributed by atoms with E-state index in [1.807, 2.05) is 0 Å². The van der Waals surface area contributed by atoms with E-state index in [2.05, 4.69) is 0 Å². The van der Waals surface area contributed by atoms with Gasteiger partial charge < -0.3 is 5.73 Å². The maximum atomic E-state index is 13.1. The molecule has 5 heteroatoms. The summed E-state index contributed by atoms with van der Waals surface area (Å²) in [5.41, 5.74) is 5.80. The van der Waals surface area contributed by atoms with E-state index < -0.39 is 21.7 Å². The van der Waals surface area contributed by atoms with Gasteiger partial charge in [-0.15, -0.1) is 0 Å². The lowest BCUT2D eigenvalue weighted by molar-refractivity contribution is 0.578. The lowest BCUT2D eigenvalue weighted by Crippen LogP contribution is -2.21. The number of nitrogens with two attached hydrogens (primary N) is 1. The molecule has 0 saturated heterocycles. The molecule has 0 aromatic heterocycles. The van der Waals surface area contributed by atoms with E-state index in [-0.39, 0.29) is 11.3 Å².